The molecule has 33 heavy (non-hydrogen) atoms. The number of halogens is 1. The monoisotopic (exact) mass is 448 g/mol. The van der Waals surface area contributed by atoms with Crippen LogP contribution >= 0.6 is 0 Å². The molecule has 0 saturated carbocycles. The Morgan fingerprint density at radius 1 is 0.879 bits per heavy atom. The quantitative estimate of drug-likeness (QED) is 0.530. The smallest absolute Gasteiger partial charge is 0.407 e. The molecular formula is C27H29FN2O3. The highest BCUT2D eigenvalue weighted by molar-refractivity contribution is 5.65. The molecule has 5 nitrogen and oxygen atoms in total. The van der Waals surface area contributed by atoms with Gasteiger partial charge in [-0.1, -0.05) is 72.8 Å². The number of carboxylic acid groups (broad SMARTS) is 1. The number of piperidine rings is 1. The van der Waals surface area contributed by atoms with Gasteiger partial charge in [-0.15, -0.1) is 0 Å². The predicted octanol–water partition coefficient (Wildman–Crippen LogP) is 5.07. The zero-order valence-corrected chi connectivity index (χ0v) is 18.5. The first kappa shape index (κ1) is 23.0. The molecule has 0 aromatic heterocycles. The first-order valence-electron chi connectivity index (χ1n) is 11.2. The van der Waals surface area contributed by atoms with Crippen molar-refractivity contribution in [2.75, 3.05) is 13.1 Å². The van der Waals surface area contributed by atoms with Gasteiger partial charge < -0.3 is 15.1 Å². The highest BCUT2D eigenvalue weighted by atomic mass is 19.1. The van der Waals surface area contributed by atoms with Crippen LogP contribution in [0.25, 0.3) is 0 Å². The summed E-state index contributed by atoms with van der Waals surface area (Å²) in [7, 11) is 0. The molecule has 3 aromatic carbocycles. The Bertz CT molecular complexity index is 994. The third-order valence-electron chi connectivity index (χ3n) is 6.66. The van der Waals surface area contributed by atoms with Crippen molar-refractivity contribution in [2.24, 2.45) is 0 Å². The molecule has 1 aliphatic heterocycles. The molecule has 1 unspecified atom stereocenters. The summed E-state index contributed by atoms with van der Waals surface area (Å²) in [6.45, 7) is 1.85. The van der Waals surface area contributed by atoms with Gasteiger partial charge in [0.2, 0.25) is 0 Å². The lowest BCUT2D eigenvalue weighted by atomic mass is 9.77. The third-order valence-corrected chi connectivity index (χ3v) is 6.66. The lowest BCUT2D eigenvalue weighted by Gasteiger charge is -2.51. The van der Waals surface area contributed by atoms with E-state index in [2.05, 4.69) is 29.2 Å². The Kier molecular flexibility index (Phi) is 7.06. The summed E-state index contributed by atoms with van der Waals surface area (Å²) in [5.41, 5.74) is 2.14. The number of rotatable bonds is 7. The van der Waals surface area contributed by atoms with Crippen molar-refractivity contribution >= 4 is 6.09 Å². The first-order chi connectivity index (χ1) is 16.0. The number of aliphatic hydroxyl groups excluding tert-OH is 1. The van der Waals surface area contributed by atoms with Crippen molar-refractivity contribution in [2.45, 2.75) is 37.6 Å². The van der Waals surface area contributed by atoms with Crippen LogP contribution in [0.5, 0.6) is 0 Å². The van der Waals surface area contributed by atoms with Crippen LogP contribution < -0.4 is 0 Å². The topological polar surface area (TPSA) is 64.0 Å². The summed E-state index contributed by atoms with van der Waals surface area (Å²) in [5.74, 6) is -0.355. The van der Waals surface area contributed by atoms with Gasteiger partial charge in [-0.05, 0) is 41.7 Å². The van der Waals surface area contributed by atoms with E-state index in [4.69, 9.17) is 0 Å². The van der Waals surface area contributed by atoms with Crippen LogP contribution in [0.2, 0.25) is 0 Å². The van der Waals surface area contributed by atoms with E-state index in [9.17, 15) is 19.4 Å². The summed E-state index contributed by atoms with van der Waals surface area (Å²) in [6, 6.07) is 26.1. The highest BCUT2D eigenvalue weighted by Gasteiger charge is 2.46. The van der Waals surface area contributed by atoms with Crippen molar-refractivity contribution in [3.05, 3.63) is 107 Å². The second-order valence-electron chi connectivity index (χ2n) is 8.65. The molecule has 1 aliphatic rings. The number of benzene rings is 3. The maximum absolute atomic E-state index is 13.6. The molecule has 0 spiro atoms. The first-order valence-corrected chi connectivity index (χ1v) is 11.2. The molecule has 3 aromatic rings. The molecule has 1 atom stereocenters. The van der Waals surface area contributed by atoms with Crippen LogP contribution in [-0.2, 0) is 13.1 Å². The fraction of sp³-hybridized carbons (Fsp3) is 0.296. The third kappa shape index (κ3) is 5.24. The summed E-state index contributed by atoms with van der Waals surface area (Å²) >= 11 is 0. The molecule has 2 N–H and O–H groups in total. The van der Waals surface area contributed by atoms with E-state index in [0.717, 1.165) is 11.1 Å². The predicted molar refractivity (Wildman–Crippen MR) is 125 cm³/mol. The van der Waals surface area contributed by atoms with Gasteiger partial charge in [-0.25, -0.2) is 9.18 Å². The number of hydrogen-bond donors (Lipinski definition) is 2. The van der Waals surface area contributed by atoms with Gasteiger partial charge in [0, 0.05) is 26.2 Å². The molecule has 4 rings (SSSR count). The van der Waals surface area contributed by atoms with E-state index in [-0.39, 0.29) is 5.82 Å². The van der Waals surface area contributed by atoms with E-state index in [0.29, 0.717) is 44.6 Å². The van der Waals surface area contributed by atoms with Crippen molar-refractivity contribution < 1.29 is 19.4 Å². The van der Waals surface area contributed by atoms with Gasteiger partial charge in [0.05, 0.1) is 11.6 Å². The Hall–Kier alpha value is -3.22. The van der Waals surface area contributed by atoms with Crippen LogP contribution in [-0.4, -0.2) is 44.7 Å². The summed E-state index contributed by atoms with van der Waals surface area (Å²) in [5, 5.41) is 21.2. The van der Waals surface area contributed by atoms with E-state index < -0.39 is 17.7 Å². The van der Waals surface area contributed by atoms with E-state index in [1.54, 1.807) is 12.1 Å². The van der Waals surface area contributed by atoms with Crippen molar-refractivity contribution in [1.29, 1.82) is 0 Å². The van der Waals surface area contributed by atoms with Crippen molar-refractivity contribution in [3.63, 3.8) is 0 Å². The van der Waals surface area contributed by atoms with E-state index >= 15 is 0 Å². The average molecular weight is 449 g/mol. The van der Waals surface area contributed by atoms with Gasteiger partial charge in [0.15, 0.2) is 0 Å². The Balaban J connectivity index is 1.74. The number of amides is 1. The van der Waals surface area contributed by atoms with Crippen molar-refractivity contribution in [3.8, 4) is 0 Å². The second kappa shape index (κ2) is 10.1. The maximum atomic E-state index is 13.6. The molecule has 1 fully saturated rings. The number of likely N-dealkylation sites (tertiary alicyclic amines) is 1. The number of hydrogen-bond acceptors (Lipinski definition) is 3. The molecule has 1 amide bonds. The van der Waals surface area contributed by atoms with Gasteiger partial charge >= 0.3 is 6.09 Å². The molecule has 172 valence electrons. The van der Waals surface area contributed by atoms with E-state index in [1.165, 1.54) is 17.0 Å². The second-order valence-corrected chi connectivity index (χ2v) is 8.65. The molecule has 0 radical (unpaired) electrons. The standard InChI is InChI=1S/C27H29FN2O3/c28-24-13-11-23(12-14-24)25(31)27(15-17-29(18-16-27)26(32)33)30(19-21-7-3-1-4-8-21)20-22-9-5-2-6-10-22/h1-14,25,31H,15-20H2,(H,32,33). The lowest BCUT2D eigenvalue weighted by molar-refractivity contribution is -0.0775. The molecule has 1 heterocycles. The molecule has 0 aliphatic carbocycles. The minimum absolute atomic E-state index is 0.327. The number of aliphatic hydroxyl groups is 1. The molecule has 0 bridgehead atoms. The van der Waals surface area contributed by atoms with E-state index in [1.807, 2.05) is 36.4 Å². The zero-order chi connectivity index (χ0) is 23.3. The fourth-order valence-corrected chi connectivity index (χ4v) is 4.78. The summed E-state index contributed by atoms with van der Waals surface area (Å²) < 4.78 is 13.6. The molecule has 1 saturated heterocycles. The SMILES string of the molecule is O=C(O)N1CCC(C(O)c2ccc(F)cc2)(N(Cc2ccccc2)Cc2ccccc2)CC1. The van der Waals surface area contributed by atoms with Crippen LogP contribution in [0, 0.1) is 5.82 Å². The minimum atomic E-state index is -0.947. The fourth-order valence-electron chi connectivity index (χ4n) is 4.78. The van der Waals surface area contributed by atoms with Crippen LogP contribution in [0.15, 0.2) is 84.9 Å². The van der Waals surface area contributed by atoms with Gasteiger partial charge in [0.1, 0.15) is 5.82 Å². The maximum Gasteiger partial charge on any atom is 0.407 e. The minimum Gasteiger partial charge on any atom is -0.465 e. The van der Waals surface area contributed by atoms with Crippen LogP contribution in [0.1, 0.15) is 35.6 Å². The Morgan fingerprint density at radius 3 is 1.82 bits per heavy atom. The van der Waals surface area contributed by atoms with Crippen molar-refractivity contribution in [1.82, 2.24) is 9.80 Å². The Morgan fingerprint density at radius 2 is 1.36 bits per heavy atom. The van der Waals surface area contributed by atoms with Crippen LogP contribution in [0.3, 0.4) is 0 Å². The van der Waals surface area contributed by atoms with Crippen LogP contribution in [0.4, 0.5) is 9.18 Å². The Labute approximate surface area is 193 Å². The number of carbonyl (C=O) groups is 1. The average Bonchev–Trinajstić information content (AvgIpc) is 2.85. The summed E-state index contributed by atoms with van der Waals surface area (Å²) in [4.78, 5) is 15.3. The zero-order valence-electron chi connectivity index (χ0n) is 18.5. The normalized spacial score (nSPS) is 16.5. The van der Waals surface area contributed by atoms with Gasteiger partial charge in [-0.3, -0.25) is 4.90 Å². The highest BCUT2D eigenvalue weighted by Crippen LogP contribution is 2.42. The molecule has 6 heteroatoms. The lowest BCUT2D eigenvalue weighted by Crippen LogP contribution is -2.58. The summed E-state index contributed by atoms with van der Waals surface area (Å²) in [6.07, 6.45) is -0.909. The van der Waals surface area contributed by atoms with Gasteiger partial charge in [-0.2, -0.15) is 0 Å². The van der Waals surface area contributed by atoms with Gasteiger partial charge in [0.25, 0.3) is 0 Å². The molecular weight excluding hydrogens is 419 g/mol. The largest absolute Gasteiger partial charge is 0.465 e. The number of nitrogens with zero attached hydrogens (tertiary/aromatic N) is 2.